The van der Waals surface area contributed by atoms with E-state index in [1.165, 1.54) is 89.9 Å². The predicted octanol–water partition coefficient (Wildman–Crippen LogP) is 7.23. The fraction of sp³-hybridized carbons (Fsp3) is 1.00. The molecule has 0 N–H and O–H groups in total. The lowest BCUT2D eigenvalue weighted by Crippen LogP contribution is -2.25. The van der Waals surface area contributed by atoms with Crippen molar-refractivity contribution in [1.82, 2.24) is 0 Å². The maximum Gasteiger partial charge on any atom is 0.160 e. The largest absolute Gasteiger partial charge is 0.356 e. The minimum Gasteiger partial charge on any atom is -0.356 e. The molecular weight excluding hydrogens is 312 g/mol. The second-order valence-electron chi connectivity index (χ2n) is 7.29. The number of hydrogen-bond donors (Lipinski definition) is 0. The van der Waals surface area contributed by atoms with Crippen LogP contribution in [0, 0.1) is 0 Å². The number of unbranched alkanes of at least 4 members (excludes halogenated alkanes) is 12. The number of hydrogen-bond acceptors (Lipinski definition) is 3. The van der Waals surface area contributed by atoms with Gasteiger partial charge in [0.2, 0.25) is 0 Å². The van der Waals surface area contributed by atoms with E-state index < -0.39 is 0 Å². The molecule has 0 spiro atoms. The quantitative estimate of drug-likeness (QED) is 0.170. The summed E-state index contributed by atoms with van der Waals surface area (Å²) in [5, 5.41) is 0. The first-order valence-corrected chi connectivity index (χ1v) is 11.0. The molecule has 0 aliphatic rings. The zero-order valence-electron chi connectivity index (χ0n) is 17.7. The molecule has 0 aromatic carbocycles. The molecule has 0 aromatic heterocycles. The highest BCUT2D eigenvalue weighted by Gasteiger charge is 2.15. The van der Waals surface area contributed by atoms with Crippen molar-refractivity contribution in [2.24, 2.45) is 0 Å². The molecule has 0 radical (unpaired) electrons. The summed E-state index contributed by atoms with van der Waals surface area (Å²) < 4.78 is 17.0. The van der Waals surface area contributed by atoms with Crippen LogP contribution >= 0.6 is 0 Å². The third-order valence-electron chi connectivity index (χ3n) is 4.92. The highest BCUT2D eigenvalue weighted by molar-refractivity contribution is 4.54. The summed E-state index contributed by atoms with van der Waals surface area (Å²) >= 11 is 0. The molecule has 0 saturated heterocycles. The molecule has 2 unspecified atom stereocenters. The molecule has 0 aliphatic heterocycles. The SMILES string of the molecule is CCCCCCCCCC(OC)OC(CCCCCCCCC)OC. The molecular formula is C22H46O3. The van der Waals surface area contributed by atoms with Crippen LogP contribution in [0.15, 0.2) is 0 Å². The van der Waals surface area contributed by atoms with Crippen LogP contribution in [0.25, 0.3) is 0 Å². The van der Waals surface area contributed by atoms with E-state index in [0.29, 0.717) is 0 Å². The van der Waals surface area contributed by atoms with E-state index in [9.17, 15) is 0 Å². The van der Waals surface area contributed by atoms with Crippen LogP contribution in [0.5, 0.6) is 0 Å². The zero-order valence-corrected chi connectivity index (χ0v) is 17.7. The van der Waals surface area contributed by atoms with Gasteiger partial charge in [0.1, 0.15) is 0 Å². The molecule has 3 heteroatoms. The maximum absolute atomic E-state index is 5.99. The topological polar surface area (TPSA) is 27.7 Å². The van der Waals surface area contributed by atoms with Crippen LogP contribution in [0.3, 0.4) is 0 Å². The maximum atomic E-state index is 5.99. The fourth-order valence-electron chi connectivity index (χ4n) is 3.19. The molecule has 0 amide bonds. The van der Waals surface area contributed by atoms with Crippen molar-refractivity contribution in [3.8, 4) is 0 Å². The molecule has 2 atom stereocenters. The Labute approximate surface area is 158 Å². The van der Waals surface area contributed by atoms with Crippen molar-refractivity contribution in [3.63, 3.8) is 0 Å². The van der Waals surface area contributed by atoms with Crippen LogP contribution in [0.4, 0.5) is 0 Å². The van der Waals surface area contributed by atoms with Crippen LogP contribution in [0.2, 0.25) is 0 Å². The Kier molecular flexibility index (Phi) is 20.1. The van der Waals surface area contributed by atoms with Crippen molar-refractivity contribution in [3.05, 3.63) is 0 Å². The smallest absolute Gasteiger partial charge is 0.160 e. The number of rotatable bonds is 20. The van der Waals surface area contributed by atoms with E-state index in [1.54, 1.807) is 14.2 Å². The average molecular weight is 359 g/mol. The van der Waals surface area contributed by atoms with Gasteiger partial charge in [-0.05, 0) is 25.7 Å². The Morgan fingerprint density at radius 1 is 0.480 bits per heavy atom. The first kappa shape index (κ1) is 24.9. The molecule has 25 heavy (non-hydrogen) atoms. The molecule has 0 aliphatic carbocycles. The van der Waals surface area contributed by atoms with Gasteiger partial charge in [0, 0.05) is 14.2 Å². The zero-order chi connectivity index (χ0) is 18.6. The molecule has 0 bridgehead atoms. The Bertz CT molecular complexity index is 221. The normalized spacial score (nSPS) is 13.9. The summed E-state index contributed by atoms with van der Waals surface area (Å²) in [7, 11) is 3.48. The Morgan fingerprint density at radius 2 is 0.800 bits per heavy atom. The minimum absolute atomic E-state index is 0.120. The van der Waals surface area contributed by atoms with Gasteiger partial charge in [0.15, 0.2) is 12.6 Å². The van der Waals surface area contributed by atoms with Crippen molar-refractivity contribution >= 4 is 0 Å². The second kappa shape index (κ2) is 20.2. The van der Waals surface area contributed by atoms with Gasteiger partial charge in [-0.15, -0.1) is 0 Å². The number of methoxy groups -OCH3 is 2. The molecule has 152 valence electrons. The van der Waals surface area contributed by atoms with E-state index in [1.807, 2.05) is 0 Å². The highest BCUT2D eigenvalue weighted by atomic mass is 16.8. The van der Waals surface area contributed by atoms with Gasteiger partial charge in [0.25, 0.3) is 0 Å². The van der Waals surface area contributed by atoms with Gasteiger partial charge < -0.3 is 14.2 Å². The second-order valence-corrected chi connectivity index (χ2v) is 7.29. The van der Waals surface area contributed by atoms with E-state index >= 15 is 0 Å². The summed E-state index contributed by atoms with van der Waals surface area (Å²) in [6.45, 7) is 4.53. The van der Waals surface area contributed by atoms with Crippen molar-refractivity contribution in [1.29, 1.82) is 0 Å². The van der Waals surface area contributed by atoms with Gasteiger partial charge in [-0.2, -0.15) is 0 Å². The molecule has 0 heterocycles. The Morgan fingerprint density at radius 3 is 1.12 bits per heavy atom. The first-order chi connectivity index (χ1) is 12.3. The van der Waals surface area contributed by atoms with Crippen molar-refractivity contribution < 1.29 is 14.2 Å². The third kappa shape index (κ3) is 17.1. The van der Waals surface area contributed by atoms with Gasteiger partial charge >= 0.3 is 0 Å². The third-order valence-corrected chi connectivity index (χ3v) is 4.92. The van der Waals surface area contributed by atoms with E-state index in [4.69, 9.17) is 14.2 Å². The first-order valence-electron chi connectivity index (χ1n) is 11.0. The van der Waals surface area contributed by atoms with Gasteiger partial charge in [-0.25, -0.2) is 0 Å². The van der Waals surface area contributed by atoms with Crippen LogP contribution < -0.4 is 0 Å². The lowest BCUT2D eigenvalue weighted by atomic mass is 10.1. The predicted molar refractivity (Wildman–Crippen MR) is 108 cm³/mol. The molecule has 0 fully saturated rings. The van der Waals surface area contributed by atoms with Crippen molar-refractivity contribution in [2.45, 2.75) is 129 Å². The van der Waals surface area contributed by atoms with Gasteiger partial charge in [-0.3, -0.25) is 0 Å². The van der Waals surface area contributed by atoms with Crippen LogP contribution in [-0.2, 0) is 14.2 Å². The van der Waals surface area contributed by atoms with E-state index in [0.717, 1.165) is 12.8 Å². The summed E-state index contributed by atoms with van der Waals surface area (Å²) in [5.41, 5.74) is 0. The molecule has 0 rings (SSSR count). The molecule has 3 nitrogen and oxygen atoms in total. The summed E-state index contributed by atoms with van der Waals surface area (Å²) in [6, 6.07) is 0. The van der Waals surface area contributed by atoms with Gasteiger partial charge in [0.05, 0.1) is 0 Å². The van der Waals surface area contributed by atoms with E-state index in [-0.39, 0.29) is 12.6 Å². The van der Waals surface area contributed by atoms with Crippen LogP contribution in [0.1, 0.15) is 117 Å². The highest BCUT2D eigenvalue weighted by Crippen LogP contribution is 2.16. The molecule has 0 aromatic rings. The Hall–Kier alpha value is -0.120. The lowest BCUT2D eigenvalue weighted by Gasteiger charge is -2.23. The van der Waals surface area contributed by atoms with Crippen LogP contribution in [-0.4, -0.2) is 26.8 Å². The van der Waals surface area contributed by atoms with E-state index in [2.05, 4.69) is 13.8 Å². The van der Waals surface area contributed by atoms with Gasteiger partial charge in [-0.1, -0.05) is 90.9 Å². The van der Waals surface area contributed by atoms with Crippen molar-refractivity contribution in [2.75, 3.05) is 14.2 Å². The Balaban J connectivity index is 3.67. The summed E-state index contributed by atoms with van der Waals surface area (Å²) in [5.74, 6) is 0. The standard InChI is InChI=1S/C22H46O3/c1-5-7-9-11-13-15-17-19-21(23-3)25-22(24-4)20-18-16-14-12-10-8-6-2/h21-22H,5-20H2,1-4H3. The lowest BCUT2D eigenvalue weighted by molar-refractivity contribution is -0.233. The number of ether oxygens (including phenoxy) is 3. The monoisotopic (exact) mass is 358 g/mol. The summed E-state index contributed by atoms with van der Waals surface area (Å²) in [4.78, 5) is 0. The molecule has 0 saturated carbocycles. The summed E-state index contributed by atoms with van der Waals surface area (Å²) in [6.07, 6.45) is 20.2. The average Bonchev–Trinajstić information content (AvgIpc) is 2.64. The minimum atomic E-state index is -0.120. The fourth-order valence-corrected chi connectivity index (χ4v) is 3.19.